The van der Waals surface area contributed by atoms with Crippen molar-refractivity contribution in [2.24, 2.45) is 0 Å². The monoisotopic (exact) mass is 239 g/mol. The molecular formula is C12H17NO2S. The Bertz CT molecular complexity index is 356. The van der Waals surface area contributed by atoms with Gasteiger partial charge in [-0.3, -0.25) is 4.79 Å². The highest BCUT2D eigenvalue weighted by Crippen LogP contribution is 2.35. The van der Waals surface area contributed by atoms with Gasteiger partial charge in [-0.25, -0.2) is 4.98 Å². The lowest BCUT2D eigenvalue weighted by molar-refractivity contribution is -0.136. The Labute approximate surface area is 99.5 Å². The van der Waals surface area contributed by atoms with Crippen LogP contribution in [0, 0.1) is 0 Å². The molecule has 1 aliphatic carbocycles. The Kier molecular flexibility index (Phi) is 3.93. The summed E-state index contributed by atoms with van der Waals surface area (Å²) in [5.41, 5.74) is 0. The van der Waals surface area contributed by atoms with E-state index in [0.717, 1.165) is 5.01 Å². The van der Waals surface area contributed by atoms with Gasteiger partial charge in [-0.2, -0.15) is 0 Å². The minimum Gasteiger partial charge on any atom is -0.481 e. The summed E-state index contributed by atoms with van der Waals surface area (Å²) in [5, 5.41) is 9.58. The molecule has 1 heterocycles. The molecule has 1 aromatic rings. The summed E-state index contributed by atoms with van der Waals surface area (Å²) in [4.78, 5) is 16.1. The molecule has 1 N–H and O–H groups in total. The van der Waals surface area contributed by atoms with E-state index >= 15 is 0 Å². The molecule has 0 radical (unpaired) electrons. The Hall–Kier alpha value is -0.900. The number of carboxylic acid groups (broad SMARTS) is 1. The molecule has 0 aliphatic heterocycles. The van der Waals surface area contributed by atoms with Crippen LogP contribution in [0.15, 0.2) is 6.20 Å². The molecule has 16 heavy (non-hydrogen) atoms. The zero-order chi connectivity index (χ0) is 11.4. The number of hydrogen-bond acceptors (Lipinski definition) is 3. The average molecular weight is 239 g/mol. The summed E-state index contributed by atoms with van der Waals surface area (Å²) in [6.07, 6.45) is 9.30. The predicted molar refractivity (Wildman–Crippen MR) is 63.9 cm³/mol. The predicted octanol–water partition coefficient (Wildman–Crippen LogP) is 3.21. The van der Waals surface area contributed by atoms with Crippen LogP contribution in [0.25, 0.3) is 0 Å². The van der Waals surface area contributed by atoms with Crippen molar-refractivity contribution in [3.05, 3.63) is 16.1 Å². The topological polar surface area (TPSA) is 50.2 Å². The number of aryl methyl sites for hydroxylation is 1. The van der Waals surface area contributed by atoms with Crippen LogP contribution in [-0.4, -0.2) is 16.1 Å². The lowest BCUT2D eigenvalue weighted by Gasteiger charge is -2.19. The Morgan fingerprint density at radius 2 is 2.19 bits per heavy atom. The van der Waals surface area contributed by atoms with Crippen molar-refractivity contribution in [2.45, 2.75) is 50.9 Å². The lowest BCUT2D eigenvalue weighted by Crippen LogP contribution is -2.02. The molecule has 0 spiro atoms. The molecule has 88 valence electrons. The summed E-state index contributed by atoms with van der Waals surface area (Å²) in [5.74, 6) is -0.0563. The van der Waals surface area contributed by atoms with Crippen LogP contribution in [-0.2, 0) is 11.2 Å². The summed E-state index contributed by atoms with van der Waals surface area (Å²) in [6.45, 7) is 0. The molecule has 1 aromatic heterocycles. The molecule has 3 nitrogen and oxygen atoms in total. The highest BCUT2D eigenvalue weighted by molar-refractivity contribution is 7.11. The highest BCUT2D eigenvalue weighted by Gasteiger charge is 2.17. The van der Waals surface area contributed by atoms with Crippen LogP contribution in [0.3, 0.4) is 0 Å². The van der Waals surface area contributed by atoms with E-state index in [1.165, 1.54) is 37.0 Å². The number of carbonyl (C=O) groups is 1. The lowest BCUT2D eigenvalue weighted by atomic mass is 9.89. The first kappa shape index (κ1) is 11.6. The van der Waals surface area contributed by atoms with E-state index in [0.29, 0.717) is 12.3 Å². The number of aliphatic carboxylic acids is 1. The standard InChI is InChI=1S/C12H17NO2S/c14-12(15)7-6-11-13-8-10(16-11)9-4-2-1-3-5-9/h8-9H,1-7H2,(H,14,15). The van der Waals surface area contributed by atoms with Crippen LogP contribution in [0.4, 0.5) is 0 Å². The summed E-state index contributed by atoms with van der Waals surface area (Å²) in [7, 11) is 0. The van der Waals surface area contributed by atoms with Gasteiger partial charge in [0.15, 0.2) is 0 Å². The smallest absolute Gasteiger partial charge is 0.303 e. The van der Waals surface area contributed by atoms with E-state index < -0.39 is 5.97 Å². The van der Waals surface area contributed by atoms with Gasteiger partial charge in [0.2, 0.25) is 0 Å². The van der Waals surface area contributed by atoms with E-state index in [4.69, 9.17) is 5.11 Å². The zero-order valence-electron chi connectivity index (χ0n) is 9.32. The molecule has 0 aromatic carbocycles. The number of thiazole rings is 1. The fraction of sp³-hybridized carbons (Fsp3) is 0.667. The third kappa shape index (κ3) is 3.04. The van der Waals surface area contributed by atoms with Crippen LogP contribution < -0.4 is 0 Å². The van der Waals surface area contributed by atoms with Crippen molar-refractivity contribution >= 4 is 17.3 Å². The maximum Gasteiger partial charge on any atom is 0.303 e. The third-order valence-electron chi connectivity index (χ3n) is 3.13. The molecule has 0 unspecified atom stereocenters. The third-order valence-corrected chi connectivity index (χ3v) is 4.35. The summed E-state index contributed by atoms with van der Waals surface area (Å²) < 4.78 is 0. The van der Waals surface area contributed by atoms with Gasteiger partial charge in [-0.1, -0.05) is 19.3 Å². The fourth-order valence-corrected chi connectivity index (χ4v) is 3.32. The molecule has 0 bridgehead atoms. The van der Waals surface area contributed by atoms with Gasteiger partial charge < -0.3 is 5.11 Å². The van der Waals surface area contributed by atoms with Crippen molar-refractivity contribution < 1.29 is 9.90 Å². The van der Waals surface area contributed by atoms with Crippen LogP contribution >= 0.6 is 11.3 Å². The minimum absolute atomic E-state index is 0.192. The number of rotatable bonds is 4. The molecule has 0 atom stereocenters. The minimum atomic E-state index is -0.741. The SMILES string of the molecule is O=C(O)CCc1ncc(C2CCCCC2)s1. The second-order valence-electron chi connectivity index (χ2n) is 4.39. The average Bonchev–Trinajstić information content (AvgIpc) is 2.76. The van der Waals surface area contributed by atoms with E-state index in [-0.39, 0.29) is 6.42 Å². The van der Waals surface area contributed by atoms with Crippen molar-refractivity contribution in [1.82, 2.24) is 4.98 Å². The van der Waals surface area contributed by atoms with Gasteiger partial charge in [0, 0.05) is 17.5 Å². The van der Waals surface area contributed by atoms with Crippen LogP contribution in [0.5, 0.6) is 0 Å². The molecule has 4 heteroatoms. The molecule has 1 aliphatic rings. The maximum absolute atomic E-state index is 10.5. The molecule has 2 rings (SSSR count). The first-order chi connectivity index (χ1) is 7.75. The van der Waals surface area contributed by atoms with Crippen LogP contribution in [0.1, 0.15) is 54.3 Å². The number of nitrogens with zero attached hydrogens (tertiary/aromatic N) is 1. The maximum atomic E-state index is 10.5. The summed E-state index contributed by atoms with van der Waals surface area (Å²) in [6, 6.07) is 0. The number of aromatic nitrogens is 1. The van der Waals surface area contributed by atoms with E-state index in [2.05, 4.69) is 4.98 Å². The van der Waals surface area contributed by atoms with Gasteiger partial charge in [0.1, 0.15) is 0 Å². The van der Waals surface area contributed by atoms with Gasteiger partial charge in [-0.15, -0.1) is 11.3 Å². The van der Waals surface area contributed by atoms with Gasteiger partial charge in [-0.05, 0) is 18.8 Å². The van der Waals surface area contributed by atoms with Crippen molar-refractivity contribution in [2.75, 3.05) is 0 Å². The quantitative estimate of drug-likeness (QED) is 0.877. The molecule has 0 amide bonds. The van der Waals surface area contributed by atoms with Crippen molar-refractivity contribution in [3.8, 4) is 0 Å². The molecule has 0 saturated heterocycles. The van der Waals surface area contributed by atoms with Gasteiger partial charge in [0.25, 0.3) is 0 Å². The van der Waals surface area contributed by atoms with Gasteiger partial charge in [0.05, 0.1) is 11.4 Å². The second-order valence-corrected chi connectivity index (χ2v) is 5.53. The normalized spacial score (nSPS) is 17.5. The van der Waals surface area contributed by atoms with Crippen LogP contribution in [0.2, 0.25) is 0 Å². The highest BCUT2D eigenvalue weighted by atomic mass is 32.1. The van der Waals surface area contributed by atoms with Crippen molar-refractivity contribution in [1.29, 1.82) is 0 Å². The molecule has 1 fully saturated rings. The Balaban J connectivity index is 1.93. The van der Waals surface area contributed by atoms with E-state index in [9.17, 15) is 4.79 Å². The van der Waals surface area contributed by atoms with Gasteiger partial charge >= 0.3 is 5.97 Å². The van der Waals surface area contributed by atoms with E-state index in [1.54, 1.807) is 11.3 Å². The second kappa shape index (κ2) is 5.43. The number of carboxylic acids is 1. The summed E-state index contributed by atoms with van der Waals surface area (Å²) >= 11 is 1.71. The Morgan fingerprint density at radius 1 is 1.44 bits per heavy atom. The Morgan fingerprint density at radius 3 is 2.88 bits per heavy atom. The number of hydrogen-bond donors (Lipinski definition) is 1. The molecule has 1 saturated carbocycles. The fourth-order valence-electron chi connectivity index (χ4n) is 2.23. The zero-order valence-corrected chi connectivity index (χ0v) is 10.1. The van der Waals surface area contributed by atoms with Crippen molar-refractivity contribution in [3.63, 3.8) is 0 Å². The largest absolute Gasteiger partial charge is 0.481 e. The first-order valence-electron chi connectivity index (χ1n) is 5.92. The van der Waals surface area contributed by atoms with E-state index in [1.807, 2.05) is 6.20 Å². The molecular weight excluding hydrogens is 222 g/mol. The first-order valence-corrected chi connectivity index (χ1v) is 6.74.